The van der Waals surface area contributed by atoms with E-state index in [1.165, 1.54) is 0 Å². The molecule has 0 radical (unpaired) electrons. The van der Waals surface area contributed by atoms with Crippen molar-refractivity contribution in [1.29, 1.82) is 0 Å². The van der Waals surface area contributed by atoms with Crippen molar-refractivity contribution >= 4 is 0 Å². The molecule has 1 atom stereocenters. The Bertz CT molecular complexity index is 562. The maximum atomic E-state index is 10.5. The Morgan fingerprint density at radius 1 is 1.29 bits per heavy atom. The molecule has 1 aliphatic heterocycles. The summed E-state index contributed by atoms with van der Waals surface area (Å²) in [6.07, 6.45) is 1.62. The second-order valence-corrected chi connectivity index (χ2v) is 5.70. The smallest absolute Gasteiger partial charge is 0.240 e. The van der Waals surface area contributed by atoms with Gasteiger partial charge in [-0.25, -0.2) is 0 Å². The fourth-order valence-corrected chi connectivity index (χ4v) is 2.94. The van der Waals surface area contributed by atoms with E-state index in [1.807, 2.05) is 37.3 Å². The van der Waals surface area contributed by atoms with Crippen LogP contribution < -0.4 is 0 Å². The van der Waals surface area contributed by atoms with E-state index >= 15 is 0 Å². The molecule has 2 aromatic rings. The Morgan fingerprint density at radius 3 is 2.62 bits per heavy atom. The third-order valence-electron chi connectivity index (χ3n) is 4.15. The maximum Gasteiger partial charge on any atom is 0.240 e. The number of aliphatic hydroxyl groups excluding tert-OH is 1. The van der Waals surface area contributed by atoms with Crippen molar-refractivity contribution in [2.24, 2.45) is 5.92 Å². The van der Waals surface area contributed by atoms with Crippen molar-refractivity contribution in [3.05, 3.63) is 47.6 Å². The van der Waals surface area contributed by atoms with E-state index in [0.717, 1.165) is 31.5 Å². The normalized spacial score (nSPS) is 18.8. The molecule has 1 N–H and O–H groups in total. The van der Waals surface area contributed by atoms with Crippen LogP contribution in [0.15, 0.2) is 34.9 Å². The number of piperidine rings is 1. The molecule has 1 aliphatic rings. The fraction of sp³-hybridized carbons (Fsp3) is 0.500. The molecule has 3 rings (SSSR count). The van der Waals surface area contributed by atoms with Gasteiger partial charge in [-0.1, -0.05) is 35.5 Å². The first-order valence-corrected chi connectivity index (χ1v) is 7.47. The first kappa shape index (κ1) is 14.2. The van der Waals surface area contributed by atoms with Crippen LogP contribution in [0.5, 0.6) is 0 Å². The summed E-state index contributed by atoms with van der Waals surface area (Å²) in [4.78, 5) is 6.54. The molecule has 0 bridgehead atoms. The molecule has 2 heterocycles. The molecular formula is C16H21N3O2. The van der Waals surface area contributed by atoms with Gasteiger partial charge in [-0.3, -0.25) is 4.90 Å². The van der Waals surface area contributed by atoms with Crippen molar-refractivity contribution in [3.8, 4) is 0 Å². The molecule has 112 valence electrons. The van der Waals surface area contributed by atoms with Gasteiger partial charge in [-0.15, -0.1) is 0 Å². The molecule has 1 aromatic heterocycles. The van der Waals surface area contributed by atoms with E-state index in [2.05, 4.69) is 15.0 Å². The molecule has 5 nitrogen and oxygen atoms in total. The third kappa shape index (κ3) is 3.49. The lowest BCUT2D eigenvalue weighted by Crippen LogP contribution is -2.35. The highest BCUT2D eigenvalue weighted by molar-refractivity contribution is 5.18. The zero-order chi connectivity index (χ0) is 14.7. The molecule has 0 spiro atoms. The Kier molecular flexibility index (Phi) is 4.31. The van der Waals surface area contributed by atoms with Crippen LogP contribution in [0.2, 0.25) is 0 Å². The van der Waals surface area contributed by atoms with Gasteiger partial charge in [0.2, 0.25) is 5.89 Å². The average Bonchev–Trinajstić information content (AvgIpc) is 2.93. The Balaban J connectivity index is 1.53. The van der Waals surface area contributed by atoms with Gasteiger partial charge in [0.1, 0.15) is 0 Å². The van der Waals surface area contributed by atoms with Crippen molar-refractivity contribution in [1.82, 2.24) is 15.0 Å². The summed E-state index contributed by atoms with van der Waals surface area (Å²) in [7, 11) is 0. The van der Waals surface area contributed by atoms with Gasteiger partial charge in [0.25, 0.3) is 0 Å². The number of aromatic nitrogens is 2. The minimum atomic E-state index is -0.362. The lowest BCUT2D eigenvalue weighted by Gasteiger charge is -2.33. The number of aliphatic hydroxyl groups is 1. The lowest BCUT2D eigenvalue weighted by atomic mass is 9.87. The first-order valence-electron chi connectivity index (χ1n) is 7.47. The van der Waals surface area contributed by atoms with Crippen LogP contribution in [0.25, 0.3) is 0 Å². The predicted molar refractivity (Wildman–Crippen MR) is 78.4 cm³/mol. The van der Waals surface area contributed by atoms with Crippen molar-refractivity contribution in [2.45, 2.75) is 32.4 Å². The topological polar surface area (TPSA) is 62.4 Å². The number of hydrogen-bond acceptors (Lipinski definition) is 5. The Labute approximate surface area is 124 Å². The summed E-state index contributed by atoms with van der Waals surface area (Å²) in [5.74, 6) is 1.68. The summed E-state index contributed by atoms with van der Waals surface area (Å²) in [6, 6.07) is 9.93. The Hall–Kier alpha value is -1.72. The summed E-state index contributed by atoms with van der Waals surface area (Å²) in [5.41, 5.74) is 1.02. The Morgan fingerprint density at radius 2 is 2.00 bits per heavy atom. The van der Waals surface area contributed by atoms with E-state index in [1.54, 1.807) is 0 Å². The molecule has 21 heavy (non-hydrogen) atoms. The minimum absolute atomic E-state index is 0.327. The van der Waals surface area contributed by atoms with E-state index in [-0.39, 0.29) is 6.10 Å². The van der Waals surface area contributed by atoms with Gasteiger partial charge in [-0.05, 0) is 44.3 Å². The number of rotatable bonds is 4. The second kappa shape index (κ2) is 6.37. The van der Waals surface area contributed by atoms with E-state index in [4.69, 9.17) is 4.52 Å². The molecule has 0 amide bonds. The zero-order valence-electron chi connectivity index (χ0n) is 12.3. The molecule has 1 unspecified atom stereocenters. The van der Waals surface area contributed by atoms with Crippen LogP contribution >= 0.6 is 0 Å². The van der Waals surface area contributed by atoms with Gasteiger partial charge < -0.3 is 9.63 Å². The monoisotopic (exact) mass is 287 g/mol. The first-order chi connectivity index (χ1) is 10.2. The number of aryl methyl sites for hydroxylation is 1. The molecule has 1 fully saturated rings. The summed E-state index contributed by atoms with van der Waals surface area (Å²) < 4.78 is 5.16. The second-order valence-electron chi connectivity index (χ2n) is 5.70. The van der Waals surface area contributed by atoms with Gasteiger partial charge in [-0.2, -0.15) is 4.98 Å². The average molecular weight is 287 g/mol. The van der Waals surface area contributed by atoms with Gasteiger partial charge in [0, 0.05) is 0 Å². The van der Waals surface area contributed by atoms with Crippen LogP contribution in [0, 0.1) is 12.8 Å². The third-order valence-corrected chi connectivity index (χ3v) is 4.15. The highest BCUT2D eigenvalue weighted by Gasteiger charge is 2.26. The summed E-state index contributed by atoms with van der Waals surface area (Å²) in [5, 5.41) is 14.3. The predicted octanol–water partition coefficient (Wildman–Crippen LogP) is 2.32. The number of hydrogen-bond donors (Lipinski definition) is 1. The van der Waals surface area contributed by atoms with Crippen LogP contribution in [0.3, 0.4) is 0 Å². The molecule has 0 aliphatic carbocycles. The van der Waals surface area contributed by atoms with Crippen LogP contribution in [-0.4, -0.2) is 33.2 Å². The fourth-order valence-electron chi connectivity index (χ4n) is 2.94. The largest absolute Gasteiger partial charge is 0.388 e. The van der Waals surface area contributed by atoms with E-state index in [0.29, 0.717) is 24.2 Å². The van der Waals surface area contributed by atoms with Gasteiger partial charge in [0.05, 0.1) is 12.6 Å². The summed E-state index contributed by atoms with van der Waals surface area (Å²) in [6.45, 7) is 4.44. The number of nitrogens with zero attached hydrogens (tertiary/aromatic N) is 3. The highest BCUT2D eigenvalue weighted by Crippen LogP contribution is 2.30. The van der Waals surface area contributed by atoms with Crippen LogP contribution in [0.4, 0.5) is 0 Å². The zero-order valence-corrected chi connectivity index (χ0v) is 12.3. The maximum absolute atomic E-state index is 10.5. The number of likely N-dealkylation sites (tertiary alicyclic amines) is 1. The molecule has 0 saturated carbocycles. The minimum Gasteiger partial charge on any atom is -0.388 e. The highest BCUT2D eigenvalue weighted by atomic mass is 16.5. The van der Waals surface area contributed by atoms with Crippen molar-refractivity contribution in [3.63, 3.8) is 0 Å². The summed E-state index contributed by atoms with van der Waals surface area (Å²) >= 11 is 0. The number of benzene rings is 1. The molecule has 1 aromatic carbocycles. The SMILES string of the molecule is Cc1noc(CN2CCC(C(O)c3ccccc3)CC2)n1. The van der Waals surface area contributed by atoms with Gasteiger partial charge in [0.15, 0.2) is 5.82 Å². The van der Waals surface area contributed by atoms with Crippen LogP contribution in [-0.2, 0) is 6.54 Å². The molecule has 1 saturated heterocycles. The molecule has 5 heteroatoms. The quantitative estimate of drug-likeness (QED) is 0.935. The molecular weight excluding hydrogens is 266 g/mol. The lowest BCUT2D eigenvalue weighted by molar-refractivity contribution is 0.0538. The van der Waals surface area contributed by atoms with E-state index in [9.17, 15) is 5.11 Å². The van der Waals surface area contributed by atoms with E-state index < -0.39 is 0 Å². The van der Waals surface area contributed by atoms with Crippen molar-refractivity contribution < 1.29 is 9.63 Å². The van der Waals surface area contributed by atoms with Gasteiger partial charge >= 0.3 is 0 Å². The van der Waals surface area contributed by atoms with Crippen molar-refractivity contribution in [2.75, 3.05) is 13.1 Å². The standard InChI is InChI=1S/C16H21N3O2/c1-12-17-15(21-18-12)11-19-9-7-14(8-10-19)16(20)13-5-3-2-4-6-13/h2-6,14,16,20H,7-11H2,1H3. The van der Waals surface area contributed by atoms with Crippen LogP contribution in [0.1, 0.15) is 36.2 Å².